The maximum Gasteiger partial charge on any atom is 0.0620 e. The zero-order valence-corrected chi connectivity index (χ0v) is 13.5. The van der Waals surface area contributed by atoms with Crippen LogP contribution in [0.5, 0.6) is 0 Å². The number of hydrogen-bond donors (Lipinski definition) is 2. The Bertz CT molecular complexity index is 558. The van der Waals surface area contributed by atoms with Crippen LogP contribution in [0.3, 0.4) is 0 Å². The van der Waals surface area contributed by atoms with Crippen molar-refractivity contribution in [1.29, 1.82) is 0 Å². The van der Waals surface area contributed by atoms with Gasteiger partial charge >= 0.3 is 0 Å². The molecule has 1 atom stereocenters. The average Bonchev–Trinajstić information content (AvgIpc) is 2.42. The van der Waals surface area contributed by atoms with E-state index in [2.05, 4.69) is 86.9 Å². The molecule has 0 aliphatic heterocycles. The SMILES string of the molecule is Cc1ccc(Nc2ccccc2NC(C)CC(C)C)cc1. The molecule has 1 unspecified atom stereocenters. The lowest BCUT2D eigenvalue weighted by Crippen LogP contribution is -2.18. The summed E-state index contributed by atoms with van der Waals surface area (Å²) in [6.07, 6.45) is 1.17. The van der Waals surface area contributed by atoms with Crippen LogP contribution in [0, 0.1) is 12.8 Å². The van der Waals surface area contributed by atoms with Crippen molar-refractivity contribution >= 4 is 17.1 Å². The van der Waals surface area contributed by atoms with Gasteiger partial charge in [0.2, 0.25) is 0 Å². The molecule has 0 bridgehead atoms. The molecule has 2 nitrogen and oxygen atoms in total. The molecule has 2 heteroatoms. The van der Waals surface area contributed by atoms with E-state index >= 15 is 0 Å². The quantitative estimate of drug-likeness (QED) is 0.722. The molecule has 0 radical (unpaired) electrons. The Morgan fingerprint density at radius 3 is 2.10 bits per heavy atom. The predicted octanol–water partition coefficient (Wildman–Crippen LogP) is 5.59. The van der Waals surface area contributed by atoms with Gasteiger partial charge in [0.05, 0.1) is 11.4 Å². The minimum Gasteiger partial charge on any atom is -0.381 e. The fourth-order valence-electron chi connectivity index (χ4n) is 2.54. The summed E-state index contributed by atoms with van der Waals surface area (Å²) < 4.78 is 0. The normalized spacial score (nSPS) is 12.2. The predicted molar refractivity (Wildman–Crippen MR) is 93.4 cm³/mol. The highest BCUT2D eigenvalue weighted by atomic mass is 15.0. The third-order valence-electron chi connectivity index (χ3n) is 3.48. The van der Waals surface area contributed by atoms with Gasteiger partial charge in [-0.05, 0) is 50.5 Å². The number of anilines is 3. The number of aryl methyl sites for hydroxylation is 1. The van der Waals surface area contributed by atoms with Crippen LogP contribution in [0.15, 0.2) is 48.5 Å². The van der Waals surface area contributed by atoms with E-state index in [9.17, 15) is 0 Å². The molecule has 0 amide bonds. The minimum atomic E-state index is 0.464. The van der Waals surface area contributed by atoms with Gasteiger partial charge in [0.25, 0.3) is 0 Å². The minimum absolute atomic E-state index is 0.464. The molecule has 0 aliphatic carbocycles. The molecule has 0 saturated heterocycles. The Morgan fingerprint density at radius 1 is 0.857 bits per heavy atom. The summed E-state index contributed by atoms with van der Waals surface area (Å²) in [7, 11) is 0. The fourth-order valence-corrected chi connectivity index (χ4v) is 2.54. The van der Waals surface area contributed by atoms with Crippen molar-refractivity contribution in [3.63, 3.8) is 0 Å². The zero-order chi connectivity index (χ0) is 15.2. The van der Waals surface area contributed by atoms with Crippen molar-refractivity contribution in [2.24, 2.45) is 5.92 Å². The molecule has 0 aliphatic rings. The standard InChI is InChI=1S/C19H26N2/c1-14(2)13-16(4)20-18-7-5-6-8-19(18)21-17-11-9-15(3)10-12-17/h5-12,14,16,20-21H,13H2,1-4H3. The summed E-state index contributed by atoms with van der Waals surface area (Å²) in [5.41, 5.74) is 4.67. The molecule has 0 fully saturated rings. The molecule has 21 heavy (non-hydrogen) atoms. The van der Waals surface area contributed by atoms with Crippen molar-refractivity contribution in [2.75, 3.05) is 10.6 Å². The maximum atomic E-state index is 3.61. The highest BCUT2D eigenvalue weighted by Gasteiger charge is 2.08. The third-order valence-corrected chi connectivity index (χ3v) is 3.48. The first-order chi connectivity index (χ1) is 10.0. The molecule has 2 aromatic rings. The number of para-hydroxylation sites is 2. The monoisotopic (exact) mass is 282 g/mol. The number of hydrogen-bond acceptors (Lipinski definition) is 2. The van der Waals surface area contributed by atoms with E-state index in [1.165, 1.54) is 12.0 Å². The highest BCUT2D eigenvalue weighted by Crippen LogP contribution is 2.26. The van der Waals surface area contributed by atoms with Gasteiger partial charge in [-0.25, -0.2) is 0 Å². The summed E-state index contributed by atoms with van der Waals surface area (Å²) >= 11 is 0. The first-order valence-electron chi connectivity index (χ1n) is 7.74. The summed E-state index contributed by atoms with van der Waals surface area (Å²) in [6.45, 7) is 8.86. The molecule has 0 saturated carbocycles. The molecule has 2 rings (SSSR count). The zero-order valence-electron chi connectivity index (χ0n) is 13.5. The first kappa shape index (κ1) is 15.4. The van der Waals surface area contributed by atoms with Crippen LogP contribution in [0.2, 0.25) is 0 Å². The van der Waals surface area contributed by atoms with Crippen LogP contribution in [-0.2, 0) is 0 Å². The second-order valence-electron chi connectivity index (χ2n) is 6.21. The van der Waals surface area contributed by atoms with E-state index in [0.717, 1.165) is 17.1 Å². The molecular weight excluding hydrogens is 256 g/mol. The van der Waals surface area contributed by atoms with Crippen LogP contribution < -0.4 is 10.6 Å². The van der Waals surface area contributed by atoms with Crippen LogP contribution in [0.1, 0.15) is 32.8 Å². The summed E-state index contributed by atoms with van der Waals surface area (Å²) in [5, 5.41) is 7.11. The number of benzene rings is 2. The smallest absolute Gasteiger partial charge is 0.0620 e. The molecule has 0 heterocycles. The van der Waals surface area contributed by atoms with Gasteiger partial charge in [-0.2, -0.15) is 0 Å². The van der Waals surface area contributed by atoms with Crippen molar-refractivity contribution in [2.45, 2.75) is 40.2 Å². The maximum absolute atomic E-state index is 3.61. The van der Waals surface area contributed by atoms with Gasteiger partial charge in [0, 0.05) is 11.7 Å². The summed E-state index contributed by atoms with van der Waals surface area (Å²) in [6, 6.07) is 17.3. The van der Waals surface area contributed by atoms with Gasteiger partial charge in [-0.15, -0.1) is 0 Å². The topological polar surface area (TPSA) is 24.1 Å². The lowest BCUT2D eigenvalue weighted by molar-refractivity contribution is 0.540. The highest BCUT2D eigenvalue weighted by molar-refractivity contribution is 5.74. The Hall–Kier alpha value is -1.96. The molecule has 0 aromatic heterocycles. The van der Waals surface area contributed by atoms with Gasteiger partial charge in [-0.1, -0.05) is 43.7 Å². The Kier molecular flexibility index (Phi) is 5.26. The van der Waals surface area contributed by atoms with Gasteiger partial charge in [-0.3, -0.25) is 0 Å². The van der Waals surface area contributed by atoms with Crippen molar-refractivity contribution in [1.82, 2.24) is 0 Å². The Morgan fingerprint density at radius 2 is 1.48 bits per heavy atom. The second kappa shape index (κ2) is 7.16. The third kappa shape index (κ3) is 4.82. The summed E-state index contributed by atoms with van der Waals surface area (Å²) in [5.74, 6) is 0.699. The van der Waals surface area contributed by atoms with E-state index in [1.54, 1.807) is 0 Å². The van der Waals surface area contributed by atoms with Crippen LogP contribution >= 0.6 is 0 Å². The van der Waals surface area contributed by atoms with Crippen molar-refractivity contribution in [3.8, 4) is 0 Å². The van der Waals surface area contributed by atoms with Crippen molar-refractivity contribution < 1.29 is 0 Å². The van der Waals surface area contributed by atoms with Gasteiger partial charge in [0.1, 0.15) is 0 Å². The number of nitrogens with one attached hydrogen (secondary N) is 2. The lowest BCUT2D eigenvalue weighted by Gasteiger charge is -2.20. The molecule has 0 spiro atoms. The molecule has 2 aromatic carbocycles. The van der Waals surface area contributed by atoms with E-state index in [0.29, 0.717) is 12.0 Å². The average molecular weight is 282 g/mol. The Balaban J connectivity index is 2.11. The van der Waals surface area contributed by atoms with Crippen LogP contribution in [-0.4, -0.2) is 6.04 Å². The first-order valence-corrected chi connectivity index (χ1v) is 7.74. The van der Waals surface area contributed by atoms with E-state index < -0.39 is 0 Å². The Labute approximate surface area is 128 Å². The van der Waals surface area contributed by atoms with E-state index in [-0.39, 0.29) is 0 Å². The lowest BCUT2D eigenvalue weighted by atomic mass is 10.0. The van der Waals surface area contributed by atoms with Crippen molar-refractivity contribution in [3.05, 3.63) is 54.1 Å². The van der Waals surface area contributed by atoms with Gasteiger partial charge in [0.15, 0.2) is 0 Å². The largest absolute Gasteiger partial charge is 0.381 e. The summed E-state index contributed by atoms with van der Waals surface area (Å²) in [4.78, 5) is 0. The number of rotatable bonds is 6. The van der Waals surface area contributed by atoms with Crippen LogP contribution in [0.25, 0.3) is 0 Å². The molecule has 112 valence electrons. The fraction of sp³-hybridized carbons (Fsp3) is 0.368. The van der Waals surface area contributed by atoms with Crippen LogP contribution in [0.4, 0.5) is 17.1 Å². The van der Waals surface area contributed by atoms with E-state index in [1.807, 2.05) is 0 Å². The molecule has 2 N–H and O–H groups in total. The van der Waals surface area contributed by atoms with Gasteiger partial charge < -0.3 is 10.6 Å². The molecular formula is C19H26N2. The van der Waals surface area contributed by atoms with E-state index in [4.69, 9.17) is 0 Å². The second-order valence-corrected chi connectivity index (χ2v) is 6.21.